The van der Waals surface area contributed by atoms with E-state index < -0.39 is 16.1 Å². The standard InChI is InChI=1S/C15H19N3O4S.ClH/c1-10(17-15(19)11-7-12(8-16)22-9-11)13-5-3-4-6-14(13)18-23(2,20)21;/h3-7,9-10,18H,8,16H2,1-2H3,(H,17,19);1H. The van der Waals surface area contributed by atoms with Crippen LogP contribution in [-0.4, -0.2) is 20.6 Å². The van der Waals surface area contributed by atoms with Crippen molar-refractivity contribution in [1.82, 2.24) is 5.32 Å². The topological polar surface area (TPSA) is 114 Å². The number of nitrogens with two attached hydrogens (primary N) is 1. The molecule has 4 N–H and O–H groups in total. The van der Waals surface area contributed by atoms with Crippen LogP contribution >= 0.6 is 12.4 Å². The van der Waals surface area contributed by atoms with Crippen LogP contribution in [0, 0.1) is 0 Å². The molecule has 1 aromatic carbocycles. The third-order valence-corrected chi connectivity index (χ3v) is 3.78. The molecule has 0 saturated carbocycles. The maximum absolute atomic E-state index is 12.2. The summed E-state index contributed by atoms with van der Waals surface area (Å²) in [7, 11) is -3.41. The molecule has 132 valence electrons. The fourth-order valence-corrected chi connectivity index (χ4v) is 2.72. The Bertz CT molecular complexity index is 805. The van der Waals surface area contributed by atoms with Gasteiger partial charge in [-0.1, -0.05) is 18.2 Å². The maximum atomic E-state index is 12.2. The fraction of sp³-hybridized carbons (Fsp3) is 0.267. The molecular weight excluding hydrogens is 354 g/mol. The number of hydrogen-bond donors (Lipinski definition) is 3. The van der Waals surface area contributed by atoms with E-state index in [1.807, 2.05) is 0 Å². The first-order valence-corrected chi connectivity index (χ1v) is 8.84. The number of furan rings is 1. The highest BCUT2D eigenvalue weighted by molar-refractivity contribution is 7.92. The smallest absolute Gasteiger partial charge is 0.255 e. The van der Waals surface area contributed by atoms with Gasteiger partial charge in [0.05, 0.1) is 30.1 Å². The highest BCUT2D eigenvalue weighted by Gasteiger charge is 2.17. The highest BCUT2D eigenvalue weighted by Crippen LogP contribution is 2.23. The number of benzene rings is 1. The molecule has 0 fully saturated rings. The zero-order chi connectivity index (χ0) is 17.0. The second kappa shape index (κ2) is 8.18. The number of carbonyl (C=O) groups excluding carboxylic acids is 1. The van der Waals surface area contributed by atoms with Crippen molar-refractivity contribution in [2.24, 2.45) is 5.73 Å². The molecule has 0 bridgehead atoms. The van der Waals surface area contributed by atoms with Crippen molar-refractivity contribution in [3.05, 3.63) is 53.5 Å². The van der Waals surface area contributed by atoms with Crippen LogP contribution in [0.4, 0.5) is 5.69 Å². The van der Waals surface area contributed by atoms with Gasteiger partial charge in [-0.25, -0.2) is 8.42 Å². The van der Waals surface area contributed by atoms with Crippen molar-refractivity contribution in [3.63, 3.8) is 0 Å². The highest BCUT2D eigenvalue weighted by atomic mass is 35.5. The molecule has 0 aliphatic rings. The van der Waals surface area contributed by atoms with E-state index in [0.717, 1.165) is 6.26 Å². The molecule has 2 rings (SSSR count). The molecule has 0 aliphatic carbocycles. The number of rotatable bonds is 6. The Kier molecular flexibility index (Phi) is 6.82. The minimum absolute atomic E-state index is 0. The zero-order valence-corrected chi connectivity index (χ0v) is 14.9. The fourth-order valence-electron chi connectivity index (χ4n) is 2.13. The van der Waals surface area contributed by atoms with E-state index in [1.54, 1.807) is 37.3 Å². The Morgan fingerprint density at radius 3 is 2.58 bits per heavy atom. The van der Waals surface area contributed by atoms with Gasteiger partial charge in [-0.05, 0) is 24.6 Å². The van der Waals surface area contributed by atoms with Crippen molar-refractivity contribution in [2.45, 2.75) is 19.5 Å². The van der Waals surface area contributed by atoms with Crippen LogP contribution in [0.5, 0.6) is 0 Å². The largest absolute Gasteiger partial charge is 0.467 e. The van der Waals surface area contributed by atoms with E-state index in [0.29, 0.717) is 22.6 Å². The molecule has 1 unspecified atom stereocenters. The summed E-state index contributed by atoms with van der Waals surface area (Å²) in [4.78, 5) is 12.2. The molecule has 2 aromatic rings. The Labute approximate surface area is 147 Å². The SMILES string of the molecule is CC(NC(=O)c1coc(CN)c1)c1ccccc1NS(C)(=O)=O.Cl. The lowest BCUT2D eigenvalue weighted by molar-refractivity contribution is 0.0939. The molecule has 1 heterocycles. The van der Waals surface area contributed by atoms with Crippen molar-refractivity contribution in [1.29, 1.82) is 0 Å². The minimum Gasteiger partial charge on any atom is -0.467 e. The lowest BCUT2D eigenvalue weighted by Crippen LogP contribution is -2.27. The Morgan fingerprint density at radius 1 is 1.33 bits per heavy atom. The lowest BCUT2D eigenvalue weighted by atomic mass is 10.1. The summed E-state index contributed by atoms with van der Waals surface area (Å²) in [6.07, 6.45) is 2.41. The summed E-state index contributed by atoms with van der Waals surface area (Å²) in [5.74, 6) is 0.192. The van der Waals surface area contributed by atoms with Gasteiger partial charge >= 0.3 is 0 Å². The summed E-state index contributed by atoms with van der Waals surface area (Å²) in [6.45, 7) is 1.98. The number of halogens is 1. The zero-order valence-electron chi connectivity index (χ0n) is 13.3. The second-order valence-electron chi connectivity index (χ2n) is 5.16. The Morgan fingerprint density at radius 2 is 2.00 bits per heavy atom. The average molecular weight is 374 g/mol. The average Bonchev–Trinajstić information content (AvgIpc) is 2.95. The normalized spacial score (nSPS) is 12.1. The van der Waals surface area contributed by atoms with Crippen LogP contribution in [0.3, 0.4) is 0 Å². The summed E-state index contributed by atoms with van der Waals surface area (Å²) < 4.78 is 30.4. The number of para-hydroxylation sites is 1. The summed E-state index contributed by atoms with van der Waals surface area (Å²) >= 11 is 0. The van der Waals surface area contributed by atoms with Gasteiger partial charge in [0.25, 0.3) is 5.91 Å². The van der Waals surface area contributed by atoms with Crippen molar-refractivity contribution in [3.8, 4) is 0 Å². The number of nitrogens with one attached hydrogen (secondary N) is 2. The summed E-state index contributed by atoms with van der Waals surface area (Å²) in [6, 6.07) is 8.06. The molecule has 1 aromatic heterocycles. The molecule has 0 aliphatic heterocycles. The number of sulfonamides is 1. The molecule has 0 spiro atoms. The monoisotopic (exact) mass is 373 g/mol. The van der Waals surface area contributed by atoms with Crippen LogP contribution in [0.2, 0.25) is 0 Å². The van der Waals surface area contributed by atoms with Crippen LogP contribution in [-0.2, 0) is 16.6 Å². The van der Waals surface area contributed by atoms with Crippen LogP contribution in [0.1, 0.15) is 34.6 Å². The van der Waals surface area contributed by atoms with Crippen LogP contribution < -0.4 is 15.8 Å². The first-order valence-electron chi connectivity index (χ1n) is 6.95. The van der Waals surface area contributed by atoms with E-state index in [2.05, 4.69) is 10.0 Å². The molecular formula is C15H20ClN3O4S. The number of carbonyl (C=O) groups is 1. The molecule has 0 saturated heterocycles. The van der Waals surface area contributed by atoms with E-state index in [1.165, 1.54) is 6.26 Å². The Hall–Kier alpha value is -2.03. The first kappa shape index (κ1) is 20.0. The van der Waals surface area contributed by atoms with Gasteiger partial charge in [0.1, 0.15) is 12.0 Å². The van der Waals surface area contributed by atoms with Gasteiger partial charge in [0.2, 0.25) is 10.0 Å². The number of amides is 1. The molecule has 0 radical (unpaired) electrons. The van der Waals surface area contributed by atoms with E-state index >= 15 is 0 Å². The van der Waals surface area contributed by atoms with E-state index in [-0.39, 0.29) is 24.9 Å². The van der Waals surface area contributed by atoms with E-state index in [4.69, 9.17) is 10.2 Å². The number of anilines is 1. The summed E-state index contributed by atoms with van der Waals surface area (Å²) in [5.41, 5.74) is 6.90. The third-order valence-electron chi connectivity index (χ3n) is 3.19. The van der Waals surface area contributed by atoms with Crippen LogP contribution in [0.15, 0.2) is 41.0 Å². The lowest BCUT2D eigenvalue weighted by Gasteiger charge is -2.18. The molecule has 7 nitrogen and oxygen atoms in total. The third kappa shape index (κ3) is 5.26. The minimum atomic E-state index is -3.41. The van der Waals surface area contributed by atoms with E-state index in [9.17, 15) is 13.2 Å². The molecule has 24 heavy (non-hydrogen) atoms. The van der Waals surface area contributed by atoms with Gasteiger partial charge < -0.3 is 15.5 Å². The molecule has 1 amide bonds. The predicted molar refractivity (Wildman–Crippen MR) is 94.6 cm³/mol. The predicted octanol–water partition coefficient (Wildman–Crippen LogP) is 2.02. The first-order chi connectivity index (χ1) is 10.8. The second-order valence-corrected chi connectivity index (χ2v) is 6.91. The van der Waals surface area contributed by atoms with Crippen molar-refractivity contribution in [2.75, 3.05) is 11.0 Å². The quantitative estimate of drug-likeness (QED) is 0.716. The Balaban J connectivity index is 0.00000288. The van der Waals surface area contributed by atoms with Gasteiger partial charge in [-0.2, -0.15) is 0 Å². The van der Waals surface area contributed by atoms with Crippen LogP contribution in [0.25, 0.3) is 0 Å². The number of hydrogen-bond acceptors (Lipinski definition) is 5. The van der Waals surface area contributed by atoms with Crippen molar-refractivity contribution >= 4 is 34.0 Å². The molecule has 1 atom stereocenters. The van der Waals surface area contributed by atoms with Gasteiger partial charge in [0.15, 0.2) is 0 Å². The summed E-state index contributed by atoms with van der Waals surface area (Å²) in [5, 5.41) is 2.80. The van der Waals surface area contributed by atoms with Crippen molar-refractivity contribution < 1.29 is 17.6 Å². The van der Waals surface area contributed by atoms with Gasteiger partial charge in [-0.3, -0.25) is 9.52 Å². The molecule has 9 heteroatoms. The van der Waals surface area contributed by atoms with Gasteiger partial charge in [-0.15, -0.1) is 12.4 Å². The van der Waals surface area contributed by atoms with Gasteiger partial charge in [0, 0.05) is 0 Å². The maximum Gasteiger partial charge on any atom is 0.255 e.